The van der Waals surface area contributed by atoms with Gasteiger partial charge in [-0.2, -0.15) is 0 Å². The second kappa shape index (κ2) is 7.30. The highest BCUT2D eigenvalue weighted by Gasteiger charge is 2.12. The van der Waals surface area contributed by atoms with Crippen LogP contribution in [0.4, 0.5) is 5.69 Å². The molecule has 1 amide bonds. The predicted octanol–water partition coefficient (Wildman–Crippen LogP) is 4.23. The summed E-state index contributed by atoms with van der Waals surface area (Å²) < 4.78 is 5.73. The zero-order valence-electron chi connectivity index (χ0n) is 14.7. The Bertz CT molecular complexity index is 862. The maximum Gasteiger partial charge on any atom is 0.224 e. The van der Waals surface area contributed by atoms with E-state index in [1.54, 1.807) is 6.20 Å². The van der Waals surface area contributed by atoms with E-state index in [-0.39, 0.29) is 5.91 Å². The summed E-state index contributed by atoms with van der Waals surface area (Å²) in [4.78, 5) is 20.9. The van der Waals surface area contributed by atoms with Crippen LogP contribution in [-0.2, 0) is 11.2 Å². The van der Waals surface area contributed by atoms with Crippen LogP contribution in [0.25, 0.3) is 11.3 Å². The largest absolute Gasteiger partial charge is 0.441 e. The van der Waals surface area contributed by atoms with Gasteiger partial charge in [-0.3, -0.25) is 9.78 Å². The quantitative estimate of drug-likeness (QED) is 0.757. The van der Waals surface area contributed by atoms with Crippen molar-refractivity contribution in [3.63, 3.8) is 0 Å². The molecule has 0 aliphatic rings. The predicted molar refractivity (Wildman–Crippen MR) is 97.3 cm³/mol. The molecule has 0 spiro atoms. The number of nitrogens with one attached hydrogen (secondary N) is 1. The van der Waals surface area contributed by atoms with Gasteiger partial charge < -0.3 is 9.73 Å². The van der Waals surface area contributed by atoms with Crippen LogP contribution in [0, 0.1) is 20.8 Å². The number of nitrogens with zero attached hydrogens (tertiary/aromatic N) is 2. The molecule has 0 atom stereocenters. The fourth-order valence-corrected chi connectivity index (χ4v) is 2.80. The van der Waals surface area contributed by atoms with Gasteiger partial charge in [0.15, 0.2) is 11.7 Å². The number of aromatic nitrogens is 2. The van der Waals surface area contributed by atoms with Crippen LogP contribution in [0.15, 0.2) is 47.0 Å². The summed E-state index contributed by atoms with van der Waals surface area (Å²) in [6.45, 7) is 5.81. The van der Waals surface area contributed by atoms with Gasteiger partial charge >= 0.3 is 0 Å². The van der Waals surface area contributed by atoms with Crippen LogP contribution in [0.5, 0.6) is 0 Å². The van der Waals surface area contributed by atoms with Crippen LogP contribution in [0.2, 0.25) is 0 Å². The molecule has 0 saturated heterocycles. The lowest BCUT2D eigenvalue weighted by Gasteiger charge is -2.11. The summed E-state index contributed by atoms with van der Waals surface area (Å²) in [6, 6.07) is 11.7. The molecule has 25 heavy (non-hydrogen) atoms. The van der Waals surface area contributed by atoms with Crippen molar-refractivity contribution in [1.82, 2.24) is 9.97 Å². The third-order valence-corrected chi connectivity index (χ3v) is 3.97. The van der Waals surface area contributed by atoms with E-state index >= 15 is 0 Å². The number of hydrogen-bond acceptors (Lipinski definition) is 4. The Morgan fingerprint density at radius 3 is 2.64 bits per heavy atom. The number of hydrogen-bond donors (Lipinski definition) is 1. The molecule has 0 aliphatic heterocycles. The first-order valence-electron chi connectivity index (χ1n) is 8.28. The summed E-state index contributed by atoms with van der Waals surface area (Å²) in [5, 5.41) is 2.94. The van der Waals surface area contributed by atoms with Crippen LogP contribution in [0.3, 0.4) is 0 Å². The van der Waals surface area contributed by atoms with Gasteiger partial charge in [0, 0.05) is 24.1 Å². The summed E-state index contributed by atoms with van der Waals surface area (Å²) in [5.41, 5.74) is 4.55. The molecular formula is C20H21N3O2. The lowest BCUT2D eigenvalue weighted by Crippen LogP contribution is -2.15. The number of pyridine rings is 1. The Morgan fingerprint density at radius 2 is 1.92 bits per heavy atom. The van der Waals surface area contributed by atoms with E-state index in [4.69, 9.17) is 4.42 Å². The highest BCUT2D eigenvalue weighted by Crippen LogP contribution is 2.21. The molecule has 0 fully saturated rings. The maximum atomic E-state index is 12.2. The molecule has 0 radical (unpaired) electrons. The molecule has 128 valence electrons. The number of benzene rings is 1. The number of amides is 1. The Hall–Kier alpha value is -2.95. The van der Waals surface area contributed by atoms with Crippen molar-refractivity contribution < 1.29 is 9.21 Å². The SMILES string of the molecule is Cc1cc(C)c(NC(=O)CCc2ncc(-c3ccccc3)o2)c(C)n1. The molecule has 0 aliphatic carbocycles. The Morgan fingerprint density at radius 1 is 1.16 bits per heavy atom. The van der Waals surface area contributed by atoms with E-state index in [9.17, 15) is 4.79 Å². The van der Waals surface area contributed by atoms with Crippen molar-refractivity contribution >= 4 is 11.6 Å². The van der Waals surface area contributed by atoms with Gasteiger partial charge in [0.25, 0.3) is 0 Å². The Kier molecular flexibility index (Phi) is 4.93. The summed E-state index contributed by atoms with van der Waals surface area (Å²) in [7, 11) is 0. The summed E-state index contributed by atoms with van der Waals surface area (Å²) >= 11 is 0. The third-order valence-electron chi connectivity index (χ3n) is 3.97. The topological polar surface area (TPSA) is 68.0 Å². The second-order valence-electron chi connectivity index (χ2n) is 6.07. The third kappa shape index (κ3) is 4.12. The average molecular weight is 335 g/mol. The van der Waals surface area contributed by atoms with Crippen molar-refractivity contribution in [3.05, 3.63) is 65.4 Å². The summed E-state index contributed by atoms with van der Waals surface area (Å²) in [6.07, 6.45) is 2.46. The number of oxazole rings is 1. The molecule has 5 nitrogen and oxygen atoms in total. The molecule has 2 aromatic heterocycles. The van der Waals surface area contributed by atoms with Crippen molar-refractivity contribution in [3.8, 4) is 11.3 Å². The minimum atomic E-state index is -0.0729. The van der Waals surface area contributed by atoms with Crippen molar-refractivity contribution in [2.75, 3.05) is 5.32 Å². The normalized spacial score (nSPS) is 10.7. The number of carbonyl (C=O) groups excluding carboxylic acids is 1. The molecule has 2 heterocycles. The fourth-order valence-electron chi connectivity index (χ4n) is 2.80. The monoisotopic (exact) mass is 335 g/mol. The number of anilines is 1. The first-order valence-corrected chi connectivity index (χ1v) is 8.28. The van der Waals surface area contributed by atoms with Crippen LogP contribution >= 0.6 is 0 Å². The highest BCUT2D eigenvalue weighted by atomic mass is 16.4. The summed E-state index contributed by atoms with van der Waals surface area (Å²) in [5.74, 6) is 1.20. The average Bonchev–Trinajstić information content (AvgIpc) is 3.06. The maximum absolute atomic E-state index is 12.2. The van der Waals surface area contributed by atoms with Crippen molar-refractivity contribution in [2.24, 2.45) is 0 Å². The minimum Gasteiger partial charge on any atom is -0.441 e. The lowest BCUT2D eigenvalue weighted by atomic mass is 10.1. The molecule has 3 rings (SSSR count). The van der Waals surface area contributed by atoms with Gasteiger partial charge in [-0.15, -0.1) is 0 Å². The minimum absolute atomic E-state index is 0.0729. The van der Waals surface area contributed by atoms with E-state index in [1.165, 1.54) is 0 Å². The van der Waals surface area contributed by atoms with E-state index in [2.05, 4.69) is 15.3 Å². The second-order valence-corrected chi connectivity index (χ2v) is 6.07. The van der Waals surface area contributed by atoms with Crippen LogP contribution < -0.4 is 5.32 Å². The van der Waals surface area contributed by atoms with Gasteiger partial charge in [0.2, 0.25) is 5.91 Å². The van der Waals surface area contributed by atoms with Crippen LogP contribution in [-0.4, -0.2) is 15.9 Å². The van der Waals surface area contributed by atoms with Gasteiger partial charge in [0.05, 0.1) is 17.6 Å². The Labute approximate surface area is 147 Å². The van der Waals surface area contributed by atoms with E-state index in [1.807, 2.05) is 57.2 Å². The first kappa shape index (κ1) is 16.9. The first-order chi connectivity index (χ1) is 12.0. The molecule has 1 aromatic carbocycles. The molecule has 5 heteroatoms. The molecular weight excluding hydrogens is 314 g/mol. The van der Waals surface area contributed by atoms with E-state index in [0.717, 1.165) is 28.2 Å². The van der Waals surface area contributed by atoms with E-state index < -0.39 is 0 Å². The fraction of sp³-hybridized carbons (Fsp3) is 0.250. The van der Waals surface area contributed by atoms with Gasteiger partial charge in [0.1, 0.15) is 0 Å². The van der Waals surface area contributed by atoms with Gasteiger partial charge in [-0.1, -0.05) is 30.3 Å². The highest BCUT2D eigenvalue weighted by molar-refractivity contribution is 5.92. The van der Waals surface area contributed by atoms with Gasteiger partial charge in [-0.25, -0.2) is 4.98 Å². The Balaban J connectivity index is 1.61. The number of carbonyl (C=O) groups is 1. The number of rotatable bonds is 5. The van der Waals surface area contributed by atoms with Crippen molar-refractivity contribution in [2.45, 2.75) is 33.6 Å². The number of aryl methyl sites for hydroxylation is 4. The van der Waals surface area contributed by atoms with Crippen molar-refractivity contribution in [1.29, 1.82) is 0 Å². The molecule has 0 unspecified atom stereocenters. The van der Waals surface area contributed by atoms with Crippen LogP contribution in [0.1, 0.15) is 29.3 Å². The van der Waals surface area contributed by atoms with Gasteiger partial charge in [-0.05, 0) is 32.4 Å². The molecule has 3 aromatic rings. The zero-order valence-corrected chi connectivity index (χ0v) is 14.7. The zero-order chi connectivity index (χ0) is 17.8. The lowest BCUT2D eigenvalue weighted by molar-refractivity contribution is -0.116. The smallest absolute Gasteiger partial charge is 0.224 e. The van der Waals surface area contributed by atoms with E-state index in [0.29, 0.717) is 24.5 Å². The molecule has 0 bridgehead atoms. The molecule has 0 saturated carbocycles. The standard InChI is InChI=1S/C20H21N3O2/c1-13-11-14(2)22-15(3)20(13)23-18(24)9-10-19-21-12-17(25-19)16-7-5-4-6-8-16/h4-8,11-12H,9-10H2,1-3H3,(H,23,24). The molecule has 1 N–H and O–H groups in total.